The van der Waals surface area contributed by atoms with E-state index in [0.29, 0.717) is 17.7 Å². The Morgan fingerprint density at radius 3 is 2.47 bits per heavy atom. The van der Waals surface area contributed by atoms with E-state index in [9.17, 15) is 18.8 Å². The molecule has 3 amide bonds. The van der Waals surface area contributed by atoms with Gasteiger partial charge in [-0.25, -0.2) is 8.78 Å². The first-order chi connectivity index (χ1) is 16.3. The Hall–Kier alpha value is -3.13. The second-order valence-corrected chi connectivity index (χ2v) is 9.62. The first kappa shape index (κ1) is 22.7. The molecular weight excluding hydrogens is 440 g/mol. The van der Waals surface area contributed by atoms with Crippen LogP contribution in [-0.4, -0.2) is 46.7 Å². The fourth-order valence-electron chi connectivity index (χ4n) is 5.48. The number of aryl methyl sites for hydroxylation is 1. The largest absolute Gasteiger partial charge is 0.322 e. The highest BCUT2D eigenvalue weighted by Crippen LogP contribution is 2.35. The Labute approximate surface area is 196 Å². The predicted octanol–water partition coefficient (Wildman–Crippen LogP) is 3.41. The van der Waals surface area contributed by atoms with E-state index in [2.05, 4.69) is 10.2 Å². The van der Waals surface area contributed by atoms with Gasteiger partial charge in [0.1, 0.15) is 17.7 Å². The molecule has 5 rings (SSSR count). The summed E-state index contributed by atoms with van der Waals surface area (Å²) in [5, 5.41) is 2.28. The maximum absolute atomic E-state index is 15.1. The summed E-state index contributed by atoms with van der Waals surface area (Å²) in [4.78, 5) is 40.3. The molecule has 1 N–H and O–H groups in total. The molecule has 2 saturated heterocycles. The topological polar surface area (TPSA) is 69.7 Å². The van der Waals surface area contributed by atoms with E-state index in [4.69, 9.17) is 0 Å². The molecule has 34 heavy (non-hydrogen) atoms. The van der Waals surface area contributed by atoms with E-state index >= 15 is 4.39 Å². The normalized spacial score (nSPS) is 21.7. The van der Waals surface area contributed by atoms with Crippen LogP contribution in [0.4, 0.5) is 8.78 Å². The minimum atomic E-state index is -0.709. The highest BCUT2D eigenvalue weighted by molar-refractivity contribution is 6.05. The third kappa shape index (κ3) is 4.34. The third-order valence-electron chi connectivity index (χ3n) is 7.18. The van der Waals surface area contributed by atoms with Gasteiger partial charge >= 0.3 is 0 Å². The zero-order chi connectivity index (χ0) is 24.0. The van der Waals surface area contributed by atoms with E-state index in [-0.39, 0.29) is 42.9 Å². The highest BCUT2D eigenvalue weighted by atomic mass is 19.1. The number of hydrogen-bond donors (Lipinski definition) is 1. The monoisotopic (exact) mass is 467 g/mol. The summed E-state index contributed by atoms with van der Waals surface area (Å²) in [6, 6.07) is 7.44. The molecule has 1 unspecified atom stereocenters. The van der Waals surface area contributed by atoms with Crippen LogP contribution in [0.15, 0.2) is 30.3 Å². The van der Waals surface area contributed by atoms with Crippen LogP contribution in [0, 0.1) is 18.6 Å². The lowest BCUT2D eigenvalue weighted by molar-refractivity contribution is -0.136. The van der Waals surface area contributed by atoms with E-state index in [1.54, 1.807) is 12.1 Å². The van der Waals surface area contributed by atoms with Crippen LogP contribution in [0.3, 0.4) is 0 Å². The quantitative estimate of drug-likeness (QED) is 0.700. The molecule has 0 bridgehead atoms. The van der Waals surface area contributed by atoms with Gasteiger partial charge in [-0.15, -0.1) is 0 Å². The van der Waals surface area contributed by atoms with Crippen LogP contribution in [0.1, 0.15) is 64.2 Å². The summed E-state index contributed by atoms with van der Waals surface area (Å²) < 4.78 is 28.8. The van der Waals surface area contributed by atoms with Crippen molar-refractivity contribution in [1.82, 2.24) is 15.1 Å². The van der Waals surface area contributed by atoms with Crippen molar-refractivity contribution in [3.8, 4) is 0 Å². The average Bonchev–Trinajstić information content (AvgIpc) is 3.08. The van der Waals surface area contributed by atoms with E-state index < -0.39 is 17.8 Å². The first-order valence-electron chi connectivity index (χ1n) is 11.7. The Morgan fingerprint density at radius 2 is 1.76 bits per heavy atom. The molecule has 0 radical (unpaired) electrons. The van der Waals surface area contributed by atoms with Gasteiger partial charge in [0.05, 0.1) is 0 Å². The molecule has 178 valence electrons. The zero-order valence-electron chi connectivity index (χ0n) is 19.1. The first-order valence-corrected chi connectivity index (χ1v) is 11.7. The van der Waals surface area contributed by atoms with Gasteiger partial charge < -0.3 is 4.90 Å². The molecule has 3 aliphatic rings. The maximum atomic E-state index is 15.1. The fourth-order valence-corrected chi connectivity index (χ4v) is 5.48. The van der Waals surface area contributed by atoms with Gasteiger partial charge in [0.15, 0.2) is 0 Å². The molecule has 8 heteroatoms. The Bertz CT molecular complexity index is 1150. The predicted molar refractivity (Wildman–Crippen MR) is 121 cm³/mol. The van der Waals surface area contributed by atoms with Crippen molar-refractivity contribution in [3.05, 3.63) is 69.8 Å². The van der Waals surface area contributed by atoms with Gasteiger partial charge in [0.25, 0.3) is 5.91 Å². The van der Waals surface area contributed by atoms with Crippen molar-refractivity contribution in [2.75, 3.05) is 13.1 Å². The van der Waals surface area contributed by atoms with Crippen molar-refractivity contribution in [2.24, 2.45) is 0 Å². The van der Waals surface area contributed by atoms with E-state index in [1.807, 2.05) is 13.0 Å². The van der Waals surface area contributed by atoms with Gasteiger partial charge in [-0.3, -0.25) is 24.6 Å². The minimum Gasteiger partial charge on any atom is -0.322 e. The number of carbonyl (C=O) groups excluding carboxylic acids is 3. The molecule has 2 aromatic carbocycles. The number of benzene rings is 2. The lowest BCUT2D eigenvalue weighted by atomic mass is 9.87. The lowest BCUT2D eigenvalue weighted by Gasteiger charge is -2.32. The molecule has 3 heterocycles. The molecule has 0 saturated carbocycles. The Balaban J connectivity index is 1.27. The number of rotatable bonds is 4. The van der Waals surface area contributed by atoms with Crippen LogP contribution >= 0.6 is 0 Å². The summed E-state index contributed by atoms with van der Waals surface area (Å²) in [6.07, 6.45) is 2.01. The number of halogens is 2. The Morgan fingerprint density at radius 1 is 1.00 bits per heavy atom. The van der Waals surface area contributed by atoms with Crippen molar-refractivity contribution in [3.63, 3.8) is 0 Å². The van der Waals surface area contributed by atoms with Crippen LogP contribution in [0.25, 0.3) is 0 Å². The molecule has 0 aromatic heterocycles. The standard InChI is InChI=1S/C26H27F2N3O3/c1-15-8-16(10-19(27)9-15)13-30-6-4-17(5-7-30)20-11-18-14-31(26(34)21(18)12-22(20)28)23-2-3-24(32)29-25(23)33/h8-12,17,23H,2-7,13-14H2,1H3,(H,29,32,33). The van der Waals surface area contributed by atoms with Crippen LogP contribution in [-0.2, 0) is 22.7 Å². The zero-order valence-corrected chi connectivity index (χ0v) is 19.1. The number of nitrogens with one attached hydrogen (secondary N) is 1. The number of nitrogens with zero attached hydrogens (tertiary/aromatic N) is 2. The second-order valence-electron chi connectivity index (χ2n) is 9.62. The molecule has 0 spiro atoms. The summed E-state index contributed by atoms with van der Waals surface area (Å²) in [7, 11) is 0. The summed E-state index contributed by atoms with van der Waals surface area (Å²) in [6.45, 7) is 4.33. The van der Waals surface area contributed by atoms with Gasteiger partial charge in [-0.1, -0.05) is 12.1 Å². The highest BCUT2D eigenvalue weighted by Gasteiger charge is 2.40. The SMILES string of the molecule is Cc1cc(F)cc(CN2CCC(c3cc4c(cc3F)C(=O)N(C3CCC(=O)NC3=O)C4)CC2)c1. The maximum Gasteiger partial charge on any atom is 0.255 e. The van der Waals surface area contributed by atoms with Gasteiger partial charge in [-0.05, 0) is 85.6 Å². The van der Waals surface area contributed by atoms with Gasteiger partial charge in [0, 0.05) is 25.1 Å². The number of imide groups is 1. The minimum absolute atomic E-state index is 0.0375. The van der Waals surface area contributed by atoms with Crippen LogP contribution in [0.2, 0.25) is 0 Å². The van der Waals surface area contributed by atoms with Crippen molar-refractivity contribution >= 4 is 17.7 Å². The van der Waals surface area contributed by atoms with Crippen LogP contribution < -0.4 is 5.32 Å². The summed E-state index contributed by atoms with van der Waals surface area (Å²) in [5.41, 5.74) is 3.46. The molecular formula is C26H27F2N3O3. The third-order valence-corrected chi connectivity index (χ3v) is 7.18. The van der Waals surface area contributed by atoms with Gasteiger partial charge in [-0.2, -0.15) is 0 Å². The number of likely N-dealkylation sites (tertiary alicyclic amines) is 1. The van der Waals surface area contributed by atoms with Crippen molar-refractivity contribution in [2.45, 2.75) is 57.7 Å². The molecule has 2 fully saturated rings. The number of hydrogen-bond acceptors (Lipinski definition) is 4. The van der Waals surface area contributed by atoms with Crippen molar-refractivity contribution < 1.29 is 23.2 Å². The number of amides is 3. The Kier molecular flexibility index (Phi) is 5.93. The van der Waals surface area contributed by atoms with Crippen LogP contribution in [0.5, 0.6) is 0 Å². The smallest absolute Gasteiger partial charge is 0.255 e. The summed E-state index contributed by atoms with van der Waals surface area (Å²) in [5.74, 6) is -1.76. The van der Waals surface area contributed by atoms with Crippen molar-refractivity contribution in [1.29, 1.82) is 0 Å². The second kappa shape index (κ2) is 8.91. The molecule has 3 aliphatic heterocycles. The van der Waals surface area contributed by atoms with E-state index in [1.165, 1.54) is 17.0 Å². The average molecular weight is 468 g/mol. The molecule has 6 nitrogen and oxygen atoms in total. The molecule has 0 aliphatic carbocycles. The summed E-state index contributed by atoms with van der Waals surface area (Å²) >= 11 is 0. The number of piperidine rings is 2. The van der Waals surface area contributed by atoms with Gasteiger partial charge in [0.2, 0.25) is 11.8 Å². The number of carbonyl (C=O) groups is 3. The van der Waals surface area contributed by atoms with E-state index in [0.717, 1.165) is 42.6 Å². The molecule has 1 atom stereocenters. The number of fused-ring (bicyclic) bond motifs is 1. The fraction of sp³-hybridized carbons (Fsp3) is 0.423. The lowest BCUT2D eigenvalue weighted by Crippen LogP contribution is -2.52. The molecule has 2 aromatic rings.